The van der Waals surface area contributed by atoms with Gasteiger partial charge in [-0.05, 0) is 37.6 Å². The van der Waals surface area contributed by atoms with Gasteiger partial charge in [0.15, 0.2) is 11.5 Å². The number of rotatable bonds is 5. The molecule has 2 aromatic rings. The van der Waals surface area contributed by atoms with Gasteiger partial charge in [0.2, 0.25) is 0 Å². The molecule has 0 fully saturated rings. The van der Waals surface area contributed by atoms with E-state index < -0.39 is 0 Å². The normalized spacial score (nSPS) is 11.6. The Bertz CT molecular complexity index is 650. The molecule has 116 valence electrons. The quantitative estimate of drug-likeness (QED) is 0.919. The summed E-state index contributed by atoms with van der Waals surface area (Å²) < 4.78 is 10.4. The second kappa shape index (κ2) is 6.98. The smallest absolute Gasteiger partial charge is 0.251 e. The van der Waals surface area contributed by atoms with Crippen LogP contribution in [0, 0.1) is 6.92 Å². The number of benzene rings is 2. The van der Waals surface area contributed by atoms with Crippen LogP contribution in [0.2, 0.25) is 0 Å². The summed E-state index contributed by atoms with van der Waals surface area (Å²) in [5.41, 5.74) is 2.80. The lowest BCUT2D eigenvalue weighted by atomic mass is 10.1. The van der Waals surface area contributed by atoms with Gasteiger partial charge in [-0.1, -0.05) is 29.8 Å². The maximum atomic E-state index is 12.4. The molecule has 0 radical (unpaired) electrons. The van der Waals surface area contributed by atoms with Crippen LogP contribution in [0.3, 0.4) is 0 Å². The molecule has 4 heteroatoms. The van der Waals surface area contributed by atoms with Crippen LogP contribution >= 0.6 is 0 Å². The van der Waals surface area contributed by atoms with Crippen LogP contribution in [-0.4, -0.2) is 20.1 Å². The molecule has 0 aromatic heterocycles. The minimum Gasteiger partial charge on any atom is -0.493 e. The van der Waals surface area contributed by atoms with E-state index in [4.69, 9.17) is 9.47 Å². The molecule has 0 saturated heterocycles. The molecule has 0 aliphatic carbocycles. The maximum Gasteiger partial charge on any atom is 0.251 e. The molecule has 0 saturated carbocycles. The van der Waals surface area contributed by atoms with Gasteiger partial charge >= 0.3 is 0 Å². The minimum atomic E-state index is -0.144. The third-order valence-electron chi connectivity index (χ3n) is 3.57. The number of amides is 1. The van der Waals surface area contributed by atoms with Crippen LogP contribution in [0.5, 0.6) is 11.5 Å². The fourth-order valence-electron chi connectivity index (χ4n) is 2.20. The molecule has 0 spiro atoms. The van der Waals surface area contributed by atoms with Crippen LogP contribution in [0.1, 0.15) is 34.5 Å². The predicted molar refractivity (Wildman–Crippen MR) is 86.6 cm³/mol. The molecule has 0 aliphatic rings. The number of hydrogen-bond acceptors (Lipinski definition) is 3. The fourth-order valence-corrected chi connectivity index (χ4v) is 2.20. The first-order chi connectivity index (χ1) is 10.5. The van der Waals surface area contributed by atoms with Crippen molar-refractivity contribution < 1.29 is 14.3 Å². The molecule has 1 atom stereocenters. The van der Waals surface area contributed by atoms with Gasteiger partial charge < -0.3 is 14.8 Å². The highest BCUT2D eigenvalue weighted by atomic mass is 16.5. The summed E-state index contributed by atoms with van der Waals surface area (Å²) in [4.78, 5) is 12.4. The highest BCUT2D eigenvalue weighted by Crippen LogP contribution is 2.27. The van der Waals surface area contributed by atoms with Crippen molar-refractivity contribution in [2.24, 2.45) is 0 Å². The summed E-state index contributed by atoms with van der Waals surface area (Å²) in [6.45, 7) is 4.00. The van der Waals surface area contributed by atoms with Crippen molar-refractivity contribution in [3.8, 4) is 11.5 Å². The summed E-state index contributed by atoms with van der Waals surface area (Å²) >= 11 is 0. The average Bonchev–Trinajstić information content (AvgIpc) is 2.54. The summed E-state index contributed by atoms with van der Waals surface area (Å²) in [7, 11) is 3.12. The predicted octanol–water partition coefficient (Wildman–Crippen LogP) is 3.50. The van der Waals surface area contributed by atoms with Gasteiger partial charge in [-0.3, -0.25) is 4.79 Å². The van der Waals surface area contributed by atoms with E-state index in [1.807, 2.05) is 38.1 Å². The van der Waals surface area contributed by atoms with E-state index in [1.165, 1.54) is 5.56 Å². The Morgan fingerprint density at radius 1 is 1.00 bits per heavy atom. The van der Waals surface area contributed by atoms with E-state index in [0.29, 0.717) is 17.1 Å². The van der Waals surface area contributed by atoms with E-state index in [-0.39, 0.29) is 11.9 Å². The Hall–Kier alpha value is -2.49. The van der Waals surface area contributed by atoms with Gasteiger partial charge in [-0.25, -0.2) is 0 Å². The van der Waals surface area contributed by atoms with E-state index in [2.05, 4.69) is 5.32 Å². The Labute approximate surface area is 131 Å². The zero-order chi connectivity index (χ0) is 16.1. The zero-order valence-corrected chi connectivity index (χ0v) is 13.3. The van der Waals surface area contributed by atoms with Gasteiger partial charge in [0.25, 0.3) is 5.91 Å². The lowest BCUT2D eigenvalue weighted by Crippen LogP contribution is -2.26. The van der Waals surface area contributed by atoms with Crippen LogP contribution in [0.4, 0.5) is 0 Å². The van der Waals surface area contributed by atoms with Crippen molar-refractivity contribution in [3.63, 3.8) is 0 Å². The number of carbonyl (C=O) groups is 1. The standard InChI is InChI=1S/C18H21NO3/c1-12-5-7-14(8-6-12)13(2)19-18(20)15-9-10-16(21-3)17(11-15)22-4/h5-11,13H,1-4H3,(H,19,20). The highest BCUT2D eigenvalue weighted by Gasteiger charge is 2.14. The summed E-state index contributed by atoms with van der Waals surface area (Å²) in [6.07, 6.45) is 0. The SMILES string of the molecule is COc1ccc(C(=O)NC(C)c2ccc(C)cc2)cc1OC. The number of nitrogens with one attached hydrogen (secondary N) is 1. The van der Waals surface area contributed by atoms with Crippen molar-refractivity contribution in [3.05, 3.63) is 59.2 Å². The number of hydrogen-bond donors (Lipinski definition) is 1. The molecule has 1 N–H and O–H groups in total. The highest BCUT2D eigenvalue weighted by molar-refractivity contribution is 5.95. The minimum absolute atomic E-state index is 0.0683. The number of methoxy groups -OCH3 is 2. The lowest BCUT2D eigenvalue weighted by Gasteiger charge is -2.15. The molecular weight excluding hydrogens is 278 g/mol. The van der Waals surface area contributed by atoms with Crippen molar-refractivity contribution >= 4 is 5.91 Å². The molecule has 0 heterocycles. The zero-order valence-electron chi connectivity index (χ0n) is 13.3. The number of ether oxygens (including phenoxy) is 2. The van der Waals surface area contributed by atoms with E-state index in [0.717, 1.165) is 5.56 Å². The van der Waals surface area contributed by atoms with Gasteiger partial charge in [0.05, 0.1) is 20.3 Å². The second-order valence-corrected chi connectivity index (χ2v) is 5.18. The molecule has 0 bridgehead atoms. The second-order valence-electron chi connectivity index (χ2n) is 5.18. The van der Waals surface area contributed by atoms with Crippen LogP contribution in [0.15, 0.2) is 42.5 Å². The van der Waals surface area contributed by atoms with Gasteiger partial charge in [0.1, 0.15) is 0 Å². The molecule has 2 aromatic carbocycles. The van der Waals surface area contributed by atoms with Crippen molar-refractivity contribution in [1.82, 2.24) is 5.32 Å². The molecular formula is C18H21NO3. The van der Waals surface area contributed by atoms with Crippen molar-refractivity contribution in [1.29, 1.82) is 0 Å². The average molecular weight is 299 g/mol. The molecule has 2 rings (SSSR count). The third-order valence-corrected chi connectivity index (χ3v) is 3.57. The third kappa shape index (κ3) is 3.58. The molecule has 1 unspecified atom stereocenters. The van der Waals surface area contributed by atoms with Crippen LogP contribution < -0.4 is 14.8 Å². The van der Waals surface area contributed by atoms with Crippen molar-refractivity contribution in [2.75, 3.05) is 14.2 Å². The van der Waals surface area contributed by atoms with Crippen LogP contribution in [0.25, 0.3) is 0 Å². The number of carbonyl (C=O) groups excluding carboxylic acids is 1. The largest absolute Gasteiger partial charge is 0.493 e. The first-order valence-electron chi connectivity index (χ1n) is 7.14. The first kappa shape index (κ1) is 15.9. The Morgan fingerprint density at radius 2 is 1.64 bits per heavy atom. The van der Waals surface area contributed by atoms with Gasteiger partial charge in [-0.15, -0.1) is 0 Å². The summed E-state index contributed by atoms with van der Waals surface area (Å²) in [6, 6.07) is 13.2. The van der Waals surface area contributed by atoms with E-state index >= 15 is 0 Å². The van der Waals surface area contributed by atoms with E-state index in [1.54, 1.807) is 32.4 Å². The number of aryl methyl sites for hydroxylation is 1. The topological polar surface area (TPSA) is 47.6 Å². The van der Waals surface area contributed by atoms with Crippen LogP contribution in [-0.2, 0) is 0 Å². The monoisotopic (exact) mass is 299 g/mol. The van der Waals surface area contributed by atoms with Crippen molar-refractivity contribution in [2.45, 2.75) is 19.9 Å². The maximum absolute atomic E-state index is 12.4. The molecule has 1 amide bonds. The van der Waals surface area contributed by atoms with E-state index in [9.17, 15) is 4.79 Å². The van der Waals surface area contributed by atoms with Gasteiger partial charge in [0, 0.05) is 5.56 Å². The molecule has 0 aliphatic heterocycles. The fraction of sp³-hybridized carbons (Fsp3) is 0.278. The first-order valence-corrected chi connectivity index (χ1v) is 7.14. The molecule has 4 nitrogen and oxygen atoms in total. The summed E-state index contributed by atoms with van der Waals surface area (Å²) in [5.74, 6) is 0.998. The lowest BCUT2D eigenvalue weighted by molar-refractivity contribution is 0.0939. The Kier molecular flexibility index (Phi) is 5.04. The molecule has 22 heavy (non-hydrogen) atoms. The Morgan fingerprint density at radius 3 is 2.23 bits per heavy atom. The van der Waals surface area contributed by atoms with Gasteiger partial charge in [-0.2, -0.15) is 0 Å². The summed E-state index contributed by atoms with van der Waals surface area (Å²) in [5, 5.41) is 2.99. The Balaban J connectivity index is 2.13.